The molecule has 0 radical (unpaired) electrons. The van der Waals surface area contributed by atoms with Gasteiger partial charge in [-0.2, -0.15) is 0 Å². The molecule has 0 unspecified atom stereocenters. The number of pyridine rings is 1. The summed E-state index contributed by atoms with van der Waals surface area (Å²) in [5.41, 5.74) is 2.27. The van der Waals surface area contributed by atoms with Gasteiger partial charge >= 0.3 is 0 Å². The number of rotatable bonds is 4. The van der Waals surface area contributed by atoms with Crippen molar-refractivity contribution in [3.8, 4) is 0 Å². The van der Waals surface area contributed by atoms with Crippen LogP contribution >= 0.6 is 0 Å². The van der Waals surface area contributed by atoms with E-state index in [0.29, 0.717) is 37.0 Å². The average Bonchev–Trinajstić information content (AvgIpc) is 3.37. The normalized spacial score (nSPS) is 21.2. The van der Waals surface area contributed by atoms with Gasteiger partial charge in [-0.3, -0.25) is 9.59 Å². The Kier molecular flexibility index (Phi) is 4.66. The van der Waals surface area contributed by atoms with Crippen LogP contribution in [0.3, 0.4) is 0 Å². The van der Waals surface area contributed by atoms with Crippen molar-refractivity contribution in [2.24, 2.45) is 11.8 Å². The predicted octanol–water partition coefficient (Wildman–Crippen LogP) is 2.75. The summed E-state index contributed by atoms with van der Waals surface area (Å²) in [5, 5.41) is 0. The molecule has 1 aliphatic heterocycles. The summed E-state index contributed by atoms with van der Waals surface area (Å²) in [6.07, 6.45) is 4.65. The van der Waals surface area contributed by atoms with Crippen LogP contribution in [0.4, 0.5) is 0 Å². The van der Waals surface area contributed by atoms with E-state index >= 15 is 0 Å². The molecule has 1 saturated carbocycles. The van der Waals surface area contributed by atoms with Gasteiger partial charge in [-0.1, -0.05) is 19.9 Å². The summed E-state index contributed by atoms with van der Waals surface area (Å²) in [5.74, 6) is 1.06. The van der Waals surface area contributed by atoms with E-state index in [-0.39, 0.29) is 17.9 Å². The number of carbonyl (C=O) groups excluding carboxylic acids is 2. The molecule has 0 aromatic carbocycles. The maximum absolute atomic E-state index is 13.2. The van der Waals surface area contributed by atoms with Crippen LogP contribution in [-0.2, 0) is 4.79 Å². The molecule has 0 spiro atoms. The zero-order valence-corrected chi connectivity index (χ0v) is 16.4. The average molecular weight is 368 g/mol. The van der Waals surface area contributed by atoms with Gasteiger partial charge in [0.25, 0.3) is 5.91 Å². The fourth-order valence-corrected chi connectivity index (χ4v) is 3.96. The van der Waals surface area contributed by atoms with Crippen LogP contribution in [0.2, 0.25) is 0 Å². The molecule has 1 aliphatic carbocycles. The van der Waals surface area contributed by atoms with E-state index in [1.54, 1.807) is 0 Å². The minimum absolute atomic E-state index is 0.0725. The van der Waals surface area contributed by atoms with Crippen LogP contribution in [-0.4, -0.2) is 56.7 Å². The second-order valence-electron chi connectivity index (χ2n) is 8.32. The number of amides is 2. The van der Waals surface area contributed by atoms with E-state index in [1.807, 2.05) is 45.5 Å². The highest BCUT2D eigenvalue weighted by atomic mass is 16.2. The molecule has 0 N–H and O–H groups in total. The van der Waals surface area contributed by atoms with Crippen molar-refractivity contribution < 1.29 is 9.59 Å². The minimum Gasteiger partial charge on any atom is -0.337 e. The van der Waals surface area contributed by atoms with Gasteiger partial charge < -0.3 is 14.2 Å². The Hall–Kier alpha value is -2.37. The zero-order valence-electron chi connectivity index (χ0n) is 16.4. The Morgan fingerprint density at radius 1 is 1.30 bits per heavy atom. The highest BCUT2D eigenvalue weighted by Gasteiger charge is 2.37. The van der Waals surface area contributed by atoms with E-state index < -0.39 is 0 Å². The second-order valence-corrected chi connectivity index (χ2v) is 8.32. The second kappa shape index (κ2) is 6.98. The number of fused-ring (bicyclic) bond motifs is 1. The topological polar surface area (TPSA) is 57.9 Å². The lowest BCUT2D eigenvalue weighted by molar-refractivity contribution is -0.133. The van der Waals surface area contributed by atoms with Crippen LogP contribution in [0, 0.1) is 18.8 Å². The summed E-state index contributed by atoms with van der Waals surface area (Å²) in [4.78, 5) is 34.3. The van der Waals surface area contributed by atoms with Crippen LogP contribution < -0.4 is 0 Å². The van der Waals surface area contributed by atoms with Gasteiger partial charge in [-0.15, -0.1) is 0 Å². The van der Waals surface area contributed by atoms with E-state index in [9.17, 15) is 9.59 Å². The molecule has 3 heterocycles. The Morgan fingerprint density at radius 2 is 2.07 bits per heavy atom. The van der Waals surface area contributed by atoms with Crippen LogP contribution in [0.5, 0.6) is 0 Å². The van der Waals surface area contributed by atoms with E-state index in [0.717, 1.165) is 17.9 Å². The first kappa shape index (κ1) is 18.0. The molecule has 27 heavy (non-hydrogen) atoms. The summed E-state index contributed by atoms with van der Waals surface area (Å²) < 4.78 is 1.94. The molecule has 6 heteroatoms. The molecule has 1 saturated heterocycles. The summed E-state index contributed by atoms with van der Waals surface area (Å²) in [6, 6.07) is 5.92. The Bertz CT molecular complexity index is 868. The lowest BCUT2D eigenvalue weighted by Crippen LogP contribution is -2.48. The maximum atomic E-state index is 13.2. The van der Waals surface area contributed by atoms with Gasteiger partial charge in [0.05, 0.1) is 6.04 Å². The van der Waals surface area contributed by atoms with Crippen LogP contribution in [0.1, 0.15) is 49.3 Å². The van der Waals surface area contributed by atoms with Crippen molar-refractivity contribution in [1.82, 2.24) is 19.2 Å². The zero-order chi connectivity index (χ0) is 19.1. The standard InChI is InChI=1S/C21H28N4O2/c1-14(2)18-13-23(10-9-20(26)25(18)11-16-7-8-16)21(27)17-12-24-15(3)5-4-6-19(24)22-17/h4-6,12,14,16,18H,7-11,13H2,1-3H3/t18-/m0/s1. The number of carbonyl (C=O) groups is 2. The molecule has 4 rings (SSSR count). The molecule has 2 fully saturated rings. The highest BCUT2D eigenvalue weighted by Crippen LogP contribution is 2.32. The smallest absolute Gasteiger partial charge is 0.274 e. The predicted molar refractivity (Wildman–Crippen MR) is 104 cm³/mol. The summed E-state index contributed by atoms with van der Waals surface area (Å²) in [7, 11) is 0. The molecule has 1 atom stereocenters. The largest absolute Gasteiger partial charge is 0.337 e. The SMILES string of the molecule is Cc1cccc2nc(C(=O)N3CCC(=O)N(CC4CC4)[C@H](C(C)C)C3)cn12. The lowest BCUT2D eigenvalue weighted by atomic mass is 10.0. The first-order valence-corrected chi connectivity index (χ1v) is 9.97. The lowest BCUT2D eigenvalue weighted by Gasteiger charge is -2.34. The van der Waals surface area contributed by atoms with Crippen LogP contribution in [0.25, 0.3) is 5.65 Å². The van der Waals surface area contributed by atoms with Crippen molar-refractivity contribution in [2.75, 3.05) is 19.6 Å². The third-order valence-electron chi connectivity index (χ3n) is 5.85. The Balaban J connectivity index is 1.59. The van der Waals surface area contributed by atoms with Crippen molar-refractivity contribution in [1.29, 1.82) is 0 Å². The van der Waals surface area contributed by atoms with E-state index in [4.69, 9.17) is 0 Å². The monoisotopic (exact) mass is 368 g/mol. The van der Waals surface area contributed by atoms with Crippen molar-refractivity contribution in [2.45, 2.75) is 46.1 Å². The van der Waals surface area contributed by atoms with Gasteiger partial charge in [0, 0.05) is 37.9 Å². The van der Waals surface area contributed by atoms with Gasteiger partial charge in [0.1, 0.15) is 11.3 Å². The number of hydrogen-bond donors (Lipinski definition) is 0. The van der Waals surface area contributed by atoms with Crippen LogP contribution in [0.15, 0.2) is 24.4 Å². The van der Waals surface area contributed by atoms with Crippen molar-refractivity contribution in [3.05, 3.63) is 35.8 Å². The molecular formula is C21H28N4O2. The molecule has 6 nitrogen and oxygen atoms in total. The first-order valence-electron chi connectivity index (χ1n) is 9.97. The third kappa shape index (κ3) is 3.57. The Morgan fingerprint density at radius 3 is 2.74 bits per heavy atom. The number of aryl methyl sites for hydroxylation is 1. The molecule has 2 amide bonds. The number of aromatic nitrogens is 2. The number of hydrogen-bond acceptors (Lipinski definition) is 3. The fraction of sp³-hybridized carbons (Fsp3) is 0.571. The molecule has 0 bridgehead atoms. The highest BCUT2D eigenvalue weighted by molar-refractivity contribution is 5.93. The van der Waals surface area contributed by atoms with Gasteiger partial charge in [0.2, 0.25) is 5.91 Å². The molecular weight excluding hydrogens is 340 g/mol. The molecule has 2 aromatic rings. The summed E-state index contributed by atoms with van der Waals surface area (Å²) in [6.45, 7) is 8.17. The quantitative estimate of drug-likeness (QED) is 0.834. The molecule has 2 aliphatic rings. The number of nitrogens with zero attached hydrogens (tertiary/aromatic N) is 4. The first-order chi connectivity index (χ1) is 12.9. The van der Waals surface area contributed by atoms with Gasteiger partial charge in [0.15, 0.2) is 0 Å². The third-order valence-corrected chi connectivity index (χ3v) is 5.85. The molecule has 2 aromatic heterocycles. The van der Waals surface area contributed by atoms with Crippen molar-refractivity contribution in [3.63, 3.8) is 0 Å². The minimum atomic E-state index is -0.0789. The summed E-state index contributed by atoms with van der Waals surface area (Å²) >= 11 is 0. The Labute approximate surface area is 160 Å². The number of imidazole rings is 1. The van der Waals surface area contributed by atoms with Gasteiger partial charge in [-0.25, -0.2) is 4.98 Å². The van der Waals surface area contributed by atoms with E-state index in [1.165, 1.54) is 12.8 Å². The fourth-order valence-electron chi connectivity index (χ4n) is 3.96. The van der Waals surface area contributed by atoms with Gasteiger partial charge in [-0.05, 0) is 43.7 Å². The maximum Gasteiger partial charge on any atom is 0.274 e. The molecule has 144 valence electrons. The van der Waals surface area contributed by atoms with E-state index in [2.05, 4.69) is 18.8 Å². The van der Waals surface area contributed by atoms with Crippen molar-refractivity contribution >= 4 is 17.5 Å².